The maximum atomic E-state index is 12.1. The molecule has 1 rings (SSSR count). The van der Waals surface area contributed by atoms with Gasteiger partial charge in [-0.15, -0.1) is 0 Å². The van der Waals surface area contributed by atoms with Crippen molar-refractivity contribution >= 4 is 35.0 Å². The number of hydrogen-bond acceptors (Lipinski definition) is 5. The third-order valence-corrected chi connectivity index (χ3v) is 4.96. The summed E-state index contributed by atoms with van der Waals surface area (Å²) in [6, 6.07) is 7.25. The standard InChI is InChI=1S/C25H37N3O5/c1-3-26-23(31)8-5-4-6-17-27-24(32)9-7-10-25(33)28-21-14-11-20(12-15-21)13-16-22(30)18-19(2)29/h11-12,14-15H,3-10,13,16-18H2,1-2H3,(H,26,31)(H,27,32)(H,28,33). The lowest BCUT2D eigenvalue weighted by molar-refractivity contribution is -0.126. The van der Waals surface area contributed by atoms with Crippen LogP contribution in [0.2, 0.25) is 0 Å². The molecule has 33 heavy (non-hydrogen) atoms. The highest BCUT2D eigenvalue weighted by atomic mass is 16.2. The van der Waals surface area contributed by atoms with Gasteiger partial charge in [-0.2, -0.15) is 0 Å². The van der Waals surface area contributed by atoms with Crippen molar-refractivity contribution in [1.82, 2.24) is 10.6 Å². The molecule has 0 bridgehead atoms. The number of amides is 3. The summed E-state index contributed by atoms with van der Waals surface area (Å²) in [5.41, 5.74) is 1.63. The van der Waals surface area contributed by atoms with Crippen LogP contribution in [0, 0.1) is 0 Å². The Morgan fingerprint density at radius 2 is 1.36 bits per heavy atom. The van der Waals surface area contributed by atoms with Crippen LogP contribution in [0.5, 0.6) is 0 Å². The lowest BCUT2D eigenvalue weighted by atomic mass is 10.0. The molecule has 0 aromatic heterocycles. The molecule has 8 heteroatoms. The Bertz CT molecular complexity index is 790. The summed E-state index contributed by atoms with van der Waals surface area (Å²) in [5, 5.41) is 8.40. The molecule has 3 N–H and O–H groups in total. The van der Waals surface area contributed by atoms with Gasteiger partial charge in [0, 0.05) is 44.5 Å². The van der Waals surface area contributed by atoms with E-state index in [1.54, 1.807) is 12.1 Å². The van der Waals surface area contributed by atoms with Crippen molar-refractivity contribution in [1.29, 1.82) is 0 Å². The van der Waals surface area contributed by atoms with Crippen molar-refractivity contribution in [3.05, 3.63) is 29.8 Å². The number of aryl methyl sites for hydroxylation is 1. The summed E-state index contributed by atoms with van der Waals surface area (Å²) < 4.78 is 0. The second-order valence-electron chi connectivity index (χ2n) is 8.13. The first-order chi connectivity index (χ1) is 15.8. The van der Waals surface area contributed by atoms with Gasteiger partial charge in [-0.3, -0.25) is 24.0 Å². The normalized spacial score (nSPS) is 10.4. The van der Waals surface area contributed by atoms with E-state index in [1.165, 1.54) is 6.92 Å². The molecular weight excluding hydrogens is 422 g/mol. The highest BCUT2D eigenvalue weighted by molar-refractivity contribution is 5.98. The molecule has 0 fully saturated rings. The minimum Gasteiger partial charge on any atom is -0.356 e. The molecule has 0 unspecified atom stereocenters. The van der Waals surface area contributed by atoms with Crippen LogP contribution in [0.25, 0.3) is 0 Å². The summed E-state index contributed by atoms with van der Waals surface area (Å²) in [4.78, 5) is 57.8. The lowest BCUT2D eigenvalue weighted by Crippen LogP contribution is -2.25. The molecule has 0 aliphatic heterocycles. The summed E-state index contributed by atoms with van der Waals surface area (Å²) in [7, 11) is 0. The van der Waals surface area contributed by atoms with Crippen LogP contribution in [0.15, 0.2) is 24.3 Å². The molecule has 1 aromatic rings. The van der Waals surface area contributed by atoms with Crippen LogP contribution < -0.4 is 16.0 Å². The zero-order valence-corrected chi connectivity index (χ0v) is 19.8. The van der Waals surface area contributed by atoms with E-state index in [2.05, 4.69) is 16.0 Å². The highest BCUT2D eigenvalue weighted by Crippen LogP contribution is 2.12. The molecule has 0 spiro atoms. The topological polar surface area (TPSA) is 121 Å². The number of benzene rings is 1. The van der Waals surface area contributed by atoms with Crippen molar-refractivity contribution in [2.24, 2.45) is 0 Å². The number of hydrogen-bond donors (Lipinski definition) is 3. The number of anilines is 1. The third-order valence-electron chi connectivity index (χ3n) is 4.96. The minimum absolute atomic E-state index is 0.0224. The highest BCUT2D eigenvalue weighted by Gasteiger charge is 2.08. The number of carbonyl (C=O) groups excluding carboxylic acids is 5. The van der Waals surface area contributed by atoms with Gasteiger partial charge in [-0.25, -0.2) is 0 Å². The first-order valence-electron chi connectivity index (χ1n) is 11.7. The first-order valence-corrected chi connectivity index (χ1v) is 11.7. The summed E-state index contributed by atoms with van der Waals surface area (Å²) in [6.45, 7) is 4.52. The Labute approximate surface area is 196 Å². The average Bonchev–Trinajstić information content (AvgIpc) is 2.75. The van der Waals surface area contributed by atoms with Crippen molar-refractivity contribution in [2.75, 3.05) is 18.4 Å². The van der Waals surface area contributed by atoms with Gasteiger partial charge < -0.3 is 16.0 Å². The lowest BCUT2D eigenvalue weighted by Gasteiger charge is -2.07. The van der Waals surface area contributed by atoms with Crippen LogP contribution in [0.4, 0.5) is 5.69 Å². The maximum absolute atomic E-state index is 12.1. The van der Waals surface area contributed by atoms with E-state index in [0.29, 0.717) is 50.9 Å². The molecule has 0 aliphatic carbocycles. The fourth-order valence-corrected chi connectivity index (χ4v) is 3.23. The molecule has 0 heterocycles. The van der Waals surface area contributed by atoms with E-state index in [0.717, 1.165) is 24.8 Å². The Hall–Kier alpha value is -3.03. The van der Waals surface area contributed by atoms with Gasteiger partial charge >= 0.3 is 0 Å². The number of ketones is 2. The van der Waals surface area contributed by atoms with Crippen molar-refractivity contribution in [3.63, 3.8) is 0 Å². The molecule has 182 valence electrons. The molecular formula is C25H37N3O5. The number of carbonyl (C=O) groups is 5. The van der Waals surface area contributed by atoms with Crippen molar-refractivity contribution < 1.29 is 24.0 Å². The Morgan fingerprint density at radius 1 is 0.727 bits per heavy atom. The van der Waals surface area contributed by atoms with Crippen LogP contribution in [0.1, 0.15) is 77.2 Å². The molecule has 1 aromatic carbocycles. The number of Topliss-reactive ketones (excluding diaryl/α,β-unsaturated/α-hetero) is 2. The molecule has 0 saturated carbocycles. The first kappa shape index (κ1) is 28.0. The fraction of sp³-hybridized carbons (Fsp3) is 0.560. The Morgan fingerprint density at radius 3 is 2.03 bits per heavy atom. The van der Waals surface area contributed by atoms with E-state index in [4.69, 9.17) is 0 Å². The largest absolute Gasteiger partial charge is 0.356 e. The van der Waals surface area contributed by atoms with E-state index >= 15 is 0 Å². The predicted molar refractivity (Wildman–Crippen MR) is 128 cm³/mol. The monoisotopic (exact) mass is 459 g/mol. The van der Waals surface area contributed by atoms with Gasteiger partial charge in [0.15, 0.2) is 0 Å². The summed E-state index contributed by atoms with van der Waals surface area (Å²) >= 11 is 0. The van der Waals surface area contributed by atoms with Gasteiger partial charge in [0.2, 0.25) is 17.7 Å². The van der Waals surface area contributed by atoms with Crippen molar-refractivity contribution in [2.45, 2.75) is 78.1 Å². The summed E-state index contributed by atoms with van der Waals surface area (Å²) in [5.74, 6) is -0.359. The Balaban J connectivity index is 2.14. The van der Waals surface area contributed by atoms with Crippen LogP contribution in [-0.4, -0.2) is 42.4 Å². The van der Waals surface area contributed by atoms with E-state index in [-0.39, 0.29) is 42.1 Å². The van der Waals surface area contributed by atoms with Gasteiger partial charge in [0.25, 0.3) is 0 Å². The quantitative estimate of drug-likeness (QED) is 0.244. The van der Waals surface area contributed by atoms with Crippen molar-refractivity contribution in [3.8, 4) is 0 Å². The molecule has 8 nitrogen and oxygen atoms in total. The zero-order valence-electron chi connectivity index (χ0n) is 19.8. The van der Waals surface area contributed by atoms with E-state index < -0.39 is 0 Å². The second-order valence-corrected chi connectivity index (χ2v) is 8.13. The molecule has 0 radical (unpaired) electrons. The zero-order chi connectivity index (χ0) is 24.5. The molecule has 0 atom stereocenters. The number of rotatable bonds is 17. The summed E-state index contributed by atoms with van der Waals surface area (Å²) in [6.07, 6.45) is 4.89. The van der Waals surface area contributed by atoms with Gasteiger partial charge in [0.1, 0.15) is 11.6 Å². The number of nitrogens with one attached hydrogen (secondary N) is 3. The Kier molecular flexibility index (Phi) is 14.1. The van der Waals surface area contributed by atoms with E-state index in [9.17, 15) is 24.0 Å². The van der Waals surface area contributed by atoms with Gasteiger partial charge in [-0.1, -0.05) is 18.6 Å². The van der Waals surface area contributed by atoms with Crippen LogP contribution in [0.3, 0.4) is 0 Å². The number of unbranched alkanes of at least 4 members (excludes halogenated alkanes) is 2. The van der Waals surface area contributed by atoms with Crippen LogP contribution >= 0.6 is 0 Å². The average molecular weight is 460 g/mol. The second kappa shape index (κ2) is 16.6. The van der Waals surface area contributed by atoms with E-state index in [1.807, 2.05) is 19.1 Å². The van der Waals surface area contributed by atoms with Crippen LogP contribution in [-0.2, 0) is 30.4 Å². The maximum Gasteiger partial charge on any atom is 0.224 e. The third kappa shape index (κ3) is 14.6. The molecule has 3 amide bonds. The molecule has 0 saturated heterocycles. The molecule has 0 aliphatic rings. The SMILES string of the molecule is CCNC(=O)CCCCCNC(=O)CCCC(=O)Nc1ccc(CCC(=O)CC(C)=O)cc1. The minimum atomic E-state index is -0.155. The predicted octanol–water partition coefficient (Wildman–Crippen LogP) is 3.09. The van der Waals surface area contributed by atoms with Gasteiger partial charge in [-0.05, 0) is 57.2 Å². The smallest absolute Gasteiger partial charge is 0.224 e. The fourth-order valence-electron chi connectivity index (χ4n) is 3.23. The van der Waals surface area contributed by atoms with Gasteiger partial charge in [0.05, 0.1) is 6.42 Å².